The topological polar surface area (TPSA) is 22.4 Å². The molecule has 4 rings (SSSR count). The van der Waals surface area contributed by atoms with Crippen LogP contribution in [0.1, 0.15) is 51.0 Å². The summed E-state index contributed by atoms with van der Waals surface area (Å²) in [7, 11) is 1.70. The van der Waals surface area contributed by atoms with E-state index in [0.717, 1.165) is 28.0 Å². The Morgan fingerprint density at radius 1 is 0.793 bits per heavy atom. The number of unbranched alkanes of at least 4 members (excludes halogenated alkanes) is 5. The largest absolute Gasteiger partial charge is 0.492 e. The van der Waals surface area contributed by atoms with E-state index in [-0.39, 0.29) is 0 Å². The van der Waals surface area contributed by atoms with Crippen LogP contribution in [0.25, 0.3) is 33.1 Å². The predicted molar refractivity (Wildman–Crippen MR) is 123 cm³/mol. The van der Waals surface area contributed by atoms with Gasteiger partial charge in [-0.25, -0.2) is 0 Å². The molecule has 2 nitrogen and oxygen atoms in total. The highest BCUT2D eigenvalue weighted by Gasteiger charge is 2.16. The summed E-state index contributed by atoms with van der Waals surface area (Å²) >= 11 is 0. The average Bonchev–Trinajstić information content (AvgIpc) is 3.14. The molecule has 0 unspecified atom stereocenters. The van der Waals surface area contributed by atoms with Crippen molar-refractivity contribution in [1.29, 1.82) is 0 Å². The summed E-state index contributed by atoms with van der Waals surface area (Å²) in [5.41, 5.74) is 3.34. The van der Waals surface area contributed by atoms with Crippen molar-refractivity contribution >= 4 is 21.7 Å². The van der Waals surface area contributed by atoms with Crippen LogP contribution in [0.4, 0.5) is 0 Å². The molecule has 150 valence electrons. The number of benzene rings is 3. The fraction of sp³-hybridized carbons (Fsp3) is 0.333. The lowest BCUT2D eigenvalue weighted by Gasteiger charge is -2.07. The van der Waals surface area contributed by atoms with Gasteiger partial charge < -0.3 is 9.15 Å². The third-order valence-electron chi connectivity index (χ3n) is 5.74. The zero-order valence-corrected chi connectivity index (χ0v) is 17.5. The molecule has 0 aliphatic rings. The van der Waals surface area contributed by atoms with E-state index >= 15 is 0 Å². The van der Waals surface area contributed by atoms with Crippen molar-refractivity contribution in [3.05, 3.63) is 66.2 Å². The van der Waals surface area contributed by atoms with Gasteiger partial charge in [0, 0.05) is 5.56 Å². The molecule has 4 aromatic rings. The van der Waals surface area contributed by atoms with E-state index in [0.29, 0.717) is 0 Å². The van der Waals surface area contributed by atoms with E-state index in [4.69, 9.17) is 9.15 Å². The zero-order valence-electron chi connectivity index (χ0n) is 17.5. The molecule has 29 heavy (non-hydrogen) atoms. The van der Waals surface area contributed by atoms with Crippen LogP contribution < -0.4 is 4.74 Å². The van der Waals surface area contributed by atoms with Gasteiger partial charge >= 0.3 is 0 Å². The first-order valence-electron chi connectivity index (χ1n) is 10.9. The van der Waals surface area contributed by atoms with E-state index in [1.54, 1.807) is 7.11 Å². The summed E-state index contributed by atoms with van der Waals surface area (Å²) < 4.78 is 11.8. The van der Waals surface area contributed by atoms with Crippen LogP contribution in [-0.4, -0.2) is 7.11 Å². The molecule has 0 amide bonds. The van der Waals surface area contributed by atoms with E-state index < -0.39 is 0 Å². The van der Waals surface area contributed by atoms with Crippen molar-refractivity contribution in [3.63, 3.8) is 0 Å². The molecular weight excluding hydrogens is 356 g/mol. The maximum absolute atomic E-state index is 6.12. The normalized spacial score (nSPS) is 11.4. The number of fused-ring (bicyclic) bond motifs is 2. The molecule has 3 aromatic carbocycles. The van der Waals surface area contributed by atoms with E-state index in [9.17, 15) is 0 Å². The minimum atomic E-state index is 0.798. The maximum Gasteiger partial charge on any atom is 0.177 e. The van der Waals surface area contributed by atoms with Crippen molar-refractivity contribution in [3.8, 4) is 17.1 Å². The Kier molecular flexibility index (Phi) is 6.19. The average molecular weight is 387 g/mol. The highest BCUT2D eigenvalue weighted by molar-refractivity contribution is 5.94. The summed E-state index contributed by atoms with van der Waals surface area (Å²) in [6, 6.07) is 21.4. The van der Waals surface area contributed by atoms with Crippen molar-refractivity contribution in [2.45, 2.75) is 51.9 Å². The molecular formula is C27H30O2. The van der Waals surface area contributed by atoms with Crippen molar-refractivity contribution < 1.29 is 9.15 Å². The van der Waals surface area contributed by atoms with Crippen LogP contribution in [0.2, 0.25) is 0 Å². The molecule has 0 fully saturated rings. The van der Waals surface area contributed by atoms with Gasteiger partial charge in [-0.15, -0.1) is 0 Å². The number of hydrogen-bond acceptors (Lipinski definition) is 2. The Bertz CT molecular complexity index is 1090. The number of methoxy groups -OCH3 is 1. The van der Waals surface area contributed by atoms with Gasteiger partial charge in [0.2, 0.25) is 0 Å². The molecule has 0 radical (unpaired) electrons. The number of rotatable bonds is 9. The number of aryl methyl sites for hydroxylation is 1. The number of ether oxygens (including phenoxy) is 1. The van der Waals surface area contributed by atoms with E-state index in [2.05, 4.69) is 43.3 Å². The van der Waals surface area contributed by atoms with Crippen molar-refractivity contribution in [1.82, 2.24) is 0 Å². The monoisotopic (exact) mass is 386 g/mol. The highest BCUT2D eigenvalue weighted by Crippen LogP contribution is 2.40. The smallest absolute Gasteiger partial charge is 0.177 e. The number of furan rings is 1. The fourth-order valence-corrected chi connectivity index (χ4v) is 4.12. The molecule has 0 atom stereocenters. The maximum atomic E-state index is 6.12. The quantitative estimate of drug-likeness (QED) is 0.271. The van der Waals surface area contributed by atoms with Gasteiger partial charge in [0.15, 0.2) is 11.5 Å². The van der Waals surface area contributed by atoms with Gasteiger partial charge in [0.05, 0.1) is 12.5 Å². The Balaban J connectivity index is 1.53. The predicted octanol–water partition coefficient (Wildman–Crippen LogP) is 8.16. The van der Waals surface area contributed by atoms with Gasteiger partial charge in [0.25, 0.3) is 0 Å². The van der Waals surface area contributed by atoms with Gasteiger partial charge in [-0.3, -0.25) is 0 Å². The fourth-order valence-electron chi connectivity index (χ4n) is 4.12. The van der Waals surface area contributed by atoms with E-state index in [1.165, 1.54) is 61.3 Å². The minimum absolute atomic E-state index is 0.798. The molecule has 0 saturated heterocycles. The zero-order chi connectivity index (χ0) is 20.1. The second kappa shape index (κ2) is 9.17. The molecule has 0 bridgehead atoms. The minimum Gasteiger partial charge on any atom is -0.492 e. The molecule has 2 heteroatoms. The SMILES string of the molecule is CCCCCCCCc1ccc2cc(-c3oc4ccccc4c3OC)ccc2c1. The number of hydrogen-bond donors (Lipinski definition) is 0. The van der Waals surface area contributed by atoms with Gasteiger partial charge in [-0.2, -0.15) is 0 Å². The molecule has 1 aromatic heterocycles. The lowest BCUT2D eigenvalue weighted by Crippen LogP contribution is -1.88. The summed E-state index contributed by atoms with van der Waals surface area (Å²) in [4.78, 5) is 0. The Morgan fingerprint density at radius 2 is 1.55 bits per heavy atom. The third kappa shape index (κ3) is 4.32. The Morgan fingerprint density at radius 3 is 2.41 bits per heavy atom. The third-order valence-corrected chi connectivity index (χ3v) is 5.74. The highest BCUT2D eigenvalue weighted by atomic mass is 16.5. The van der Waals surface area contributed by atoms with Crippen LogP contribution >= 0.6 is 0 Å². The molecule has 0 saturated carbocycles. The molecule has 0 aliphatic carbocycles. The van der Waals surface area contributed by atoms with Gasteiger partial charge in [-0.05, 0) is 47.4 Å². The van der Waals surface area contributed by atoms with Crippen molar-refractivity contribution in [2.75, 3.05) is 7.11 Å². The lowest BCUT2D eigenvalue weighted by molar-refractivity contribution is 0.414. The van der Waals surface area contributed by atoms with Crippen LogP contribution in [-0.2, 0) is 6.42 Å². The first kappa shape index (κ1) is 19.6. The summed E-state index contributed by atoms with van der Waals surface area (Å²) in [5.74, 6) is 1.60. The first-order valence-corrected chi connectivity index (χ1v) is 10.9. The Hall–Kier alpha value is -2.74. The van der Waals surface area contributed by atoms with Crippen molar-refractivity contribution in [2.24, 2.45) is 0 Å². The van der Waals surface area contributed by atoms with Crippen LogP contribution in [0.15, 0.2) is 65.1 Å². The molecule has 0 N–H and O–H groups in total. The van der Waals surface area contributed by atoms with Crippen LogP contribution in [0, 0.1) is 0 Å². The molecule has 0 spiro atoms. The first-order chi connectivity index (χ1) is 14.3. The van der Waals surface area contributed by atoms with Crippen LogP contribution in [0.5, 0.6) is 5.75 Å². The van der Waals surface area contributed by atoms with Gasteiger partial charge in [-0.1, -0.05) is 81.5 Å². The molecule has 0 aliphatic heterocycles. The second-order valence-corrected chi connectivity index (χ2v) is 7.87. The summed E-state index contributed by atoms with van der Waals surface area (Å²) in [5, 5.41) is 3.53. The van der Waals surface area contributed by atoms with E-state index in [1.807, 2.05) is 24.3 Å². The molecule has 1 heterocycles. The van der Waals surface area contributed by atoms with Crippen LogP contribution in [0.3, 0.4) is 0 Å². The second-order valence-electron chi connectivity index (χ2n) is 7.87. The summed E-state index contributed by atoms with van der Waals surface area (Å²) in [6.45, 7) is 2.27. The standard InChI is InChI=1S/C27H30O2/c1-3-4-5-6-7-8-11-20-14-15-22-19-23(17-16-21(22)18-20)26-27(28-2)24-12-9-10-13-25(24)29-26/h9-10,12-19H,3-8,11H2,1-2H3. The van der Waals surface area contributed by atoms with Gasteiger partial charge in [0.1, 0.15) is 5.58 Å². The Labute approximate surface area is 173 Å². The lowest BCUT2D eigenvalue weighted by atomic mass is 9.99. The summed E-state index contributed by atoms with van der Waals surface area (Å²) in [6.07, 6.45) is 9.21. The number of para-hydroxylation sites is 1.